The minimum absolute atomic E-state index is 0.0884. The number of nitriles is 1. The molecule has 0 radical (unpaired) electrons. The van der Waals surface area contributed by atoms with E-state index in [-0.39, 0.29) is 11.5 Å². The molecule has 1 aromatic rings. The predicted octanol–water partition coefficient (Wildman–Crippen LogP) is 1.17. The maximum atomic E-state index is 12.4. The molecule has 2 rings (SSSR count). The number of carbonyl (C=O) groups is 1. The zero-order valence-electron chi connectivity index (χ0n) is 13.0. The third-order valence-corrected chi connectivity index (χ3v) is 3.72. The first-order valence-electron chi connectivity index (χ1n) is 7.22. The van der Waals surface area contributed by atoms with Crippen LogP contribution in [0.5, 0.6) is 0 Å². The number of piperazine rings is 1. The molecule has 0 atom stereocenters. The van der Waals surface area contributed by atoms with Crippen molar-refractivity contribution in [2.24, 2.45) is 0 Å². The molecule has 6 heteroatoms. The molecule has 1 aromatic carbocycles. The second-order valence-electron chi connectivity index (χ2n) is 5.50. The van der Waals surface area contributed by atoms with Crippen LogP contribution in [0.2, 0.25) is 0 Å². The molecule has 0 aliphatic carbocycles. The van der Waals surface area contributed by atoms with Gasteiger partial charge in [0.25, 0.3) is 5.91 Å². The molecule has 22 heavy (non-hydrogen) atoms. The summed E-state index contributed by atoms with van der Waals surface area (Å²) >= 11 is 0. The van der Waals surface area contributed by atoms with Crippen LogP contribution >= 0.6 is 0 Å². The van der Waals surface area contributed by atoms with Gasteiger partial charge in [-0.25, -0.2) is 0 Å². The summed E-state index contributed by atoms with van der Waals surface area (Å²) in [5.74, 6) is -0.241. The summed E-state index contributed by atoms with van der Waals surface area (Å²) in [6.45, 7) is 4.88. The Morgan fingerprint density at radius 3 is 2.68 bits per heavy atom. The lowest BCUT2D eigenvalue weighted by molar-refractivity contribution is -0.128. The first-order chi connectivity index (χ1) is 10.5. The van der Waals surface area contributed by atoms with Crippen molar-refractivity contribution in [3.8, 4) is 6.07 Å². The van der Waals surface area contributed by atoms with Crippen LogP contribution in [0.3, 0.4) is 0 Å². The van der Waals surface area contributed by atoms with Crippen molar-refractivity contribution >= 4 is 17.3 Å². The molecule has 1 aliphatic rings. The first-order valence-corrected chi connectivity index (χ1v) is 7.22. The van der Waals surface area contributed by atoms with Gasteiger partial charge in [0.15, 0.2) is 0 Å². The molecule has 1 aliphatic heterocycles. The van der Waals surface area contributed by atoms with Gasteiger partial charge in [0.05, 0.1) is 11.4 Å². The Balaban J connectivity index is 2.09. The van der Waals surface area contributed by atoms with Gasteiger partial charge in [0, 0.05) is 32.4 Å². The number of benzene rings is 1. The number of aryl methyl sites for hydroxylation is 1. The molecule has 1 fully saturated rings. The van der Waals surface area contributed by atoms with E-state index in [9.17, 15) is 10.1 Å². The normalized spacial score (nSPS) is 16.2. The number of hydrogen-bond donors (Lipinski definition) is 2. The van der Waals surface area contributed by atoms with Gasteiger partial charge in [0.1, 0.15) is 11.6 Å². The van der Waals surface area contributed by atoms with Gasteiger partial charge in [-0.2, -0.15) is 5.26 Å². The number of carbonyl (C=O) groups excluding carboxylic acids is 1. The molecule has 0 saturated carbocycles. The van der Waals surface area contributed by atoms with Gasteiger partial charge in [-0.15, -0.1) is 0 Å². The van der Waals surface area contributed by atoms with Gasteiger partial charge in [-0.05, 0) is 31.7 Å². The van der Waals surface area contributed by atoms with Crippen molar-refractivity contribution in [3.63, 3.8) is 0 Å². The molecule has 3 N–H and O–H groups in total. The highest BCUT2D eigenvalue weighted by molar-refractivity contribution is 5.97. The van der Waals surface area contributed by atoms with Crippen LogP contribution in [0.15, 0.2) is 30.0 Å². The Labute approximate surface area is 130 Å². The number of anilines is 2. The van der Waals surface area contributed by atoms with E-state index in [4.69, 9.17) is 5.73 Å². The summed E-state index contributed by atoms with van der Waals surface area (Å²) in [4.78, 5) is 16.2. The lowest BCUT2D eigenvalue weighted by Crippen LogP contribution is -2.47. The lowest BCUT2D eigenvalue weighted by atomic mass is 10.2. The third-order valence-electron chi connectivity index (χ3n) is 3.72. The van der Waals surface area contributed by atoms with Crippen molar-refractivity contribution < 1.29 is 4.79 Å². The number of nitrogens with one attached hydrogen (secondary N) is 1. The Morgan fingerprint density at radius 1 is 1.36 bits per heavy atom. The SMILES string of the molecule is Cc1ccc(N)c(N/C=C(/C#N)C(=O)N2CCN(C)CC2)c1. The summed E-state index contributed by atoms with van der Waals surface area (Å²) in [7, 11) is 2.02. The van der Waals surface area contributed by atoms with Crippen LogP contribution in [0.4, 0.5) is 11.4 Å². The monoisotopic (exact) mass is 299 g/mol. The Hall–Kier alpha value is -2.52. The number of hydrogen-bond acceptors (Lipinski definition) is 5. The Morgan fingerprint density at radius 2 is 2.05 bits per heavy atom. The fourth-order valence-electron chi connectivity index (χ4n) is 2.27. The van der Waals surface area contributed by atoms with E-state index in [0.29, 0.717) is 24.5 Å². The topological polar surface area (TPSA) is 85.4 Å². The van der Waals surface area contributed by atoms with Crippen LogP contribution in [0, 0.1) is 18.3 Å². The van der Waals surface area contributed by atoms with Crippen LogP contribution in [-0.2, 0) is 4.79 Å². The van der Waals surface area contributed by atoms with E-state index in [0.717, 1.165) is 18.7 Å². The molecular weight excluding hydrogens is 278 g/mol. The number of likely N-dealkylation sites (N-methyl/N-ethyl adjacent to an activating group) is 1. The summed E-state index contributed by atoms with van der Waals surface area (Å²) < 4.78 is 0. The van der Waals surface area contributed by atoms with E-state index in [1.807, 2.05) is 32.2 Å². The maximum absolute atomic E-state index is 12.4. The molecule has 0 unspecified atom stereocenters. The van der Waals surface area contributed by atoms with Crippen LogP contribution in [0.25, 0.3) is 0 Å². The fraction of sp³-hybridized carbons (Fsp3) is 0.375. The molecule has 0 spiro atoms. The number of nitrogens with zero attached hydrogens (tertiary/aromatic N) is 3. The van der Waals surface area contributed by atoms with Gasteiger partial charge >= 0.3 is 0 Å². The summed E-state index contributed by atoms with van der Waals surface area (Å²) in [6, 6.07) is 7.54. The Bertz CT molecular complexity index is 624. The fourth-order valence-corrected chi connectivity index (χ4v) is 2.27. The first kappa shape index (κ1) is 15.9. The van der Waals surface area contributed by atoms with Gasteiger partial charge in [0.2, 0.25) is 0 Å². The molecule has 0 bridgehead atoms. The van der Waals surface area contributed by atoms with Crippen molar-refractivity contribution in [2.75, 3.05) is 44.3 Å². The van der Waals surface area contributed by atoms with E-state index in [1.54, 1.807) is 11.0 Å². The quantitative estimate of drug-likeness (QED) is 0.497. The molecule has 0 aromatic heterocycles. The minimum atomic E-state index is -0.241. The van der Waals surface area contributed by atoms with Crippen LogP contribution in [0.1, 0.15) is 5.56 Å². The largest absolute Gasteiger partial charge is 0.397 e. The molecule has 1 saturated heterocycles. The summed E-state index contributed by atoms with van der Waals surface area (Å²) in [5, 5.41) is 12.2. The number of nitrogen functional groups attached to an aromatic ring is 1. The van der Waals surface area contributed by atoms with Crippen molar-refractivity contribution in [1.29, 1.82) is 5.26 Å². The highest BCUT2D eigenvalue weighted by Crippen LogP contribution is 2.20. The molecular formula is C16H21N5O. The third kappa shape index (κ3) is 3.77. The van der Waals surface area contributed by atoms with Gasteiger partial charge in [-0.1, -0.05) is 6.07 Å². The highest BCUT2D eigenvalue weighted by atomic mass is 16.2. The minimum Gasteiger partial charge on any atom is -0.397 e. The second kappa shape index (κ2) is 6.96. The molecule has 116 valence electrons. The van der Waals surface area contributed by atoms with Crippen LogP contribution in [-0.4, -0.2) is 48.9 Å². The van der Waals surface area contributed by atoms with E-state index < -0.39 is 0 Å². The predicted molar refractivity (Wildman–Crippen MR) is 87.0 cm³/mol. The standard InChI is InChI=1S/C16H21N5O/c1-12-3-4-14(18)15(9-12)19-11-13(10-17)16(22)21-7-5-20(2)6-8-21/h3-4,9,11,19H,5-8,18H2,1-2H3/b13-11-. The maximum Gasteiger partial charge on any atom is 0.266 e. The van der Waals surface area contributed by atoms with E-state index >= 15 is 0 Å². The zero-order valence-corrected chi connectivity index (χ0v) is 13.0. The smallest absolute Gasteiger partial charge is 0.266 e. The van der Waals surface area contributed by atoms with Gasteiger partial charge in [-0.3, -0.25) is 4.79 Å². The average molecular weight is 299 g/mol. The zero-order chi connectivity index (χ0) is 16.1. The molecule has 1 heterocycles. The lowest BCUT2D eigenvalue weighted by Gasteiger charge is -2.32. The van der Waals surface area contributed by atoms with E-state index in [1.165, 1.54) is 6.20 Å². The number of amides is 1. The van der Waals surface area contributed by atoms with Crippen molar-refractivity contribution in [2.45, 2.75) is 6.92 Å². The van der Waals surface area contributed by atoms with Crippen LogP contribution < -0.4 is 11.1 Å². The summed E-state index contributed by atoms with van der Waals surface area (Å²) in [5.41, 5.74) is 8.28. The molecule has 6 nitrogen and oxygen atoms in total. The van der Waals surface area contributed by atoms with Gasteiger partial charge < -0.3 is 20.9 Å². The van der Waals surface area contributed by atoms with E-state index in [2.05, 4.69) is 10.2 Å². The highest BCUT2D eigenvalue weighted by Gasteiger charge is 2.22. The number of nitrogens with two attached hydrogens (primary N) is 1. The second-order valence-corrected chi connectivity index (χ2v) is 5.50. The molecule has 1 amide bonds. The Kier molecular flexibility index (Phi) is 5.02. The van der Waals surface area contributed by atoms with Crippen molar-refractivity contribution in [1.82, 2.24) is 9.80 Å². The van der Waals surface area contributed by atoms with Crippen molar-refractivity contribution in [3.05, 3.63) is 35.5 Å². The summed E-state index contributed by atoms with van der Waals surface area (Å²) in [6.07, 6.45) is 1.44. The average Bonchev–Trinajstić information content (AvgIpc) is 2.51. The number of rotatable bonds is 3.